The fourth-order valence-electron chi connectivity index (χ4n) is 1.87. The lowest BCUT2D eigenvalue weighted by molar-refractivity contribution is 0.589. The molecule has 2 aromatic rings. The van der Waals surface area contributed by atoms with Crippen molar-refractivity contribution in [3.63, 3.8) is 0 Å². The van der Waals surface area contributed by atoms with Crippen molar-refractivity contribution >= 4 is 32.5 Å². The molecule has 0 aliphatic rings. The maximum absolute atomic E-state index is 13.3. The molecule has 0 unspecified atom stereocenters. The van der Waals surface area contributed by atoms with Gasteiger partial charge >= 0.3 is 0 Å². The lowest BCUT2D eigenvalue weighted by atomic mass is 10.3. The van der Waals surface area contributed by atoms with Gasteiger partial charge in [-0.2, -0.15) is 0 Å². The molecule has 1 aromatic heterocycles. The number of sulfone groups is 1. The fraction of sp³-hybridized carbons (Fsp3) is 0.417. The number of benzene rings is 1. The summed E-state index contributed by atoms with van der Waals surface area (Å²) in [5, 5.41) is 0. The Bertz CT molecular complexity index is 697. The Morgan fingerprint density at radius 2 is 2.16 bits per heavy atom. The minimum absolute atomic E-state index is 0.00460. The first-order valence-corrected chi connectivity index (χ1v) is 8.23. The lowest BCUT2D eigenvalue weighted by Gasteiger charge is -2.07. The summed E-state index contributed by atoms with van der Waals surface area (Å²) >= 11 is 5.80. The summed E-state index contributed by atoms with van der Waals surface area (Å²) in [6.45, 7) is 1.83. The Hall–Kier alpha value is -1.14. The zero-order valence-corrected chi connectivity index (χ0v) is 12.0. The number of alkyl halides is 1. The number of hydrogen-bond donors (Lipinski definition) is 0. The molecule has 0 saturated heterocycles. The maximum atomic E-state index is 13.3. The second-order valence-electron chi connectivity index (χ2n) is 4.18. The van der Waals surface area contributed by atoms with Crippen molar-refractivity contribution in [2.75, 3.05) is 11.5 Å². The summed E-state index contributed by atoms with van der Waals surface area (Å²) in [7, 11) is -3.08. The number of aromatic nitrogens is 2. The van der Waals surface area contributed by atoms with E-state index in [0.717, 1.165) is 0 Å². The smallest absolute Gasteiger partial charge is 0.151 e. The van der Waals surface area contributed by atoms with E-state index in [-0.39, 0.29) is 29.7 Å². The molecule has 0 radical (unpaired) electrons. The van der Waals surface area contributed by atoms with Gasteiger partial charge in [-0.05, 0) is 18.2 Å². The quantitative estimate of drug-likeness (QED) is 0.797. The Morgan fingerprint density at radius 3 is 2.79 bits per heavy atom. The lowest BCUT2D eigenvalue weighted by Crippen LogP contribution is -2.15. The molecule has 0 spiro atoms. The van der Waals surface area contributed by atoms with Crippen LogP contribution in [0.2, 0.25) is 0 Å². The van der Waals surface area contributed by atoms with Crippen molar-refractivity contribution in [3.8, 4) is 0 Å². The van der Waals surface area contributed by atoms with E-state index >= 15 is 0 Å². The highest BCUT2D eigenvalue weighted by Crippen LogP contribution is 2.19. The molecule has 4 nitrogen and oxygen atoms in total. The van der Waals surface area contributed by atoms with Crippen LogP contribution < -0.4 is 0 Å². The van der Waals surface area contributed by atoms with Crippen molar-refractivity contribution in [3.05, 3.63) is 29.8 Å². The second kappa shape index (κ2) is 5.46. The van der Waals surface area contributed by atoms with Gasteiger partial charge in [0.2, 0.25) is 0 Å². The van der Waals surface area contributed by atoms with Crippen LogP contribution in [-0.2, 0) is 22.3 Å². The summed E-state index contributed by atoms with van der Waals surface area (Å²) in [6.07, 6.45) is 0. The van der Waals surface area contributed by atoms with Crippen molar-refractivity contribution in [1.29, 1.82) is 0 Å². The summed E-state index contributed by atoms with van der Waals surface area (Å²) in [4.78, 5) is 4.27. The predicted octanol–water partition coefficient (Wildman–Crippen LogP) is 2.35. The van der Waals surface area contributed by atoms with Crippen LogP contribution in [-0.4, -0.2) is 29.5 Å². The third-order valence-corrected chi connectivity index (χ3v) is 4.90. The third-order valence-electron chi connectivity index (χ3n) is 2.97. The van der Waals surface area contributed by atoms with E-state index in [1.165, 1.54) is 12.1 Å². The maximum Gasteiger partial charge on any atom is 0.151 e. The molecule has 0 aliphatic heterocycles. The van der Waals surface area contributed by atoms with E-state index in [1.54, 1.807) is 17.6 Å². The van der Waals surface area contributed by atoms with Crippen LogP contribution in [0.4, 0.5) is 4.39 Å². The molecule has 0 aliphatic carbocycles. The van der Waals surface area contributed by atoms with Crippen LogP contribution in [0.25, 0.3) is 11.0 Å². The number of nitrogens with zero attached hydrogens (tertiary/aromatic N) is 2. The zero-order chi connectivity index (χ0) is 14.0. The molecular formula is C12H14ClFN2O2S. The molecule has 0 N–H and O–H groups in total. The second-order valence-corrected chi connectivity index (χ2v) is 6.92. The number of hydrogen-bond acceptors (Lipinski definition) is 3. The van der Waals surface area contributed by atoms with Crippen LogP contribution in [0.5, 0.6) is 0 Å². The van der Waals surface area contributed by atoms with Gasteiger partial charge in [0.05, 0.1) is 22.7 Å². The molecular weight excluding hydrogens is 291 g/mol. The summed E-state index contributed by atoms with van der Waals surface area (Å²) < 4.78 is 38.1. The van der Waals surface area contributed by atoms with Gasteiger partial charge in [0.25, 0.3) is 0 Å². The molecule has 1 aromatic carbocycles. The van der Waals surface area contributed by atoms with E-state index in [9.17, 15) is 12.8 Å². The van der Waals surface area contributed by atoms with Gasteiger partial charge in [-0.25, -0.2) is 17.8 Å². The SMILES string of the molecule is CCS(=O)(=O)CCn1c(CCl)nc2ccc(F)cc21. The topological polar surface area (TPSA) is 52.0 Å². The molecule has 0 fully saturated rings. The van der Waals surface area contributed by atoms with Crippen LogP contribution in [0.15, 0.2) is 18.2 Å². The van der Waals surface area contributed by atoms with Gasteiger partial charge in [0.1, 0.15) is 11.6 Å². The number of aryl methyl sites for hydroxylation is 1. The summed E-state index contributed by atoms with van der Waals surface area (Å²) in [6, 6.07) is 4.23. The monoisotopic (exact) mass is 304 g/mol. The Kier molecular flexibility index (Phi) is 4.10. The molecule has 1 heterocycles. The van der Waals surface area contributed by atoms with E-state index in [4.69, 9.17) is 11.6 Å². The average molecular weight is 305 g/mol. The first kappa shape index (κ1) is 14.3. The first-order chi connectivity index (χ1) is 8.96. The highest BCUT2D eigenvalue weighted by molar-refractivity contribution is 7.91. The number of halogens is 2. The van der Waals surface area contributed by atoms with Gasteiger partial charge in [-0.3, -0.25) is 0 Å². The summed E-state index contributed by atoms with van der Waals surface area (Å²) in [5.74, 6) is 0.406. The Labute approximate surface area is 116 Å². The van der Waals surface area contributed by atoms with Crippen LogP contribution in [0.1, 0.15) is 12.7 Å². The molecule has 0 amide bonds. The van der Waals surface area contributed by atoms with E-state index in [2.05, 4.69) is 4.98 Å². The largest absolute Gasteiger partial charge is 0.326 e. The van der Waals surface area contributed by atoms with Crippen molar-refractivity contribution in [2.24, 2.45) is 0 Å². The molecule has 7 heteroatoms. The van der Waals surface area contributed by atoms with Crippen LogP contribution in [0.3, 0.4) is 0 Å². The standard InChI is InChI=1S/C12H14ClFN2O2S/c1-2-19(17,18)6-5-16-11-7-9(14)3-4-10(11)15-12(16)8-13/h3-4,7H,2,5-6,8H2,1H3. The molecule has 2 rings (SSSR count). The number of fused-ring (bicyclic) bond motifs is 1. The highest BCUT2D eigenvalue weighted by atomic mass is 35.5. The Balaban J connectivity index is 2.42. The normalized spacial score (nSPS) is 12.2. The predicted molar refractivity (Wildman–Crippen MR) is 73.6 cm³/mol. The van der Waals surface area contributed by atoms with Crippen molar-refractivity contribution in [1.82, 2.24) is 9.55 Å². The van der Waals surface area contributed by atoms with E-state index in [1.807, 2.05) is 0 Å². The summed E-state index contributed by atoms with van der Waals surface area (Å²) in [5.41, 5.74) is 1.19. The van der Waals surface area contributed by atoms with Gasteiger partial charge in [-0.15, -0.1) is 11.6 Å². The first-order valence-electron chi connectivity index (χ1n) is 5.88. The molecule has 0 saturated carbocycles. The third kappa shape index (κ3) is 3.06. The highest BCUT2D eigenvalue weighted by Gasteiger charge is 2.14. The molecule has 0 atom stereocenters. The van der Waals surface area contributed by atoms with Crippen LogP contribution >= 0.6 is 11.6 Å². The van der Waals surface area contributed by atoms with Gasteiger partial charge in [-0.1, -0.05) is 6.92 Å². The zero-order valence-electron chi connectivity index (χ0n) is 10.4. The molecule has 19 heavy (non-hydrogen) atoms. The van der Waals surface area contributed by atoms with Gasteiger partial charge in [0, 0.05) is 12.3 Å². The van der Waals surface area contributed by atoms with Crippen molar-refractivity contribution < 1.29 is 12.8 Å². The minimum atomic E-state index is -3.08. The van der Waals surface area contributed by atoms with Gasteiger partial charge in [0.15, 0.2) is 9.84 Å². The van der Waals surface area contributed by atoms with Crippen LogP contribution in [0, 0.1) is 5.82 Å². The van der Waals surface area contributed by atoms with Crippen molar-refractivity contribution in [2.45, 2.75) is 19.3 Å². The minimum Gasteiger partial charge on any atom is -0.326 e. The van der Waals surface area contributed by atoms with E-state index < -0.39 is 9.84 Å². The van der Waals surface area contributed by atoms with E-state index in [0.29, 0.717) is 16.9 Å². The Morgan fingerprint density at radius 1 is 1.42 bits per heavy atom. The van der Waals surface area contributed by atoms with Gasteiger partial charge < -0.3 is 4.57 Å². The average Bonchev–Trinajstić information content (AvgIpc) is 2.73. The fourth-order valence-corrected chi connectivity index (χ4v) is 2.83. The molecule has 0 bridgehead atoms. The number of rotatable bonds is 5. The number of imidazole rings is 1. The molecule has 104 valence electrons.